The summed E-state index contributed by atoms with van der Waals surface area (Å²) in [6.45, 7) is 1.34. The highest BCUT2D eigenvalue weighted by Crippen LogP contribution is 2.46. The van der Waals surface area contributed by atoms with Gasteiger partial charge in [0.25, 0.3) is 11.5 Å². The number of amides is 8. The Morgan fingerprint density at radius 3 is 2.29 bits per heavy atom. The van der Waals surface area contributed by atoms with Crippen LogP contribution < -0.4 is 37.5 Å². The van der Waals surface area contributed by atoms with Crippen LogP contribution in [0.4, 0.5) is 17.6 Å². The number of benzene rings is 2. The topological polar surface area (TPSA) is 303 Å². The number of alkyl halides is 3. The maximum Gasteiger partial charge on any atom is 0.423 e. The molecule has 5 heterocycles. The van der Waals surface area contributed by atoms with Crippen LogP contribution in [-0.4, -0.2) is 124 Å². The lowest BCUT2D eigenvalue weighted by molar-refractivity contribution is -0.220. The number of hydrogen-bond acceptors (Lipinski definition) is 14. The molecule has 0 radical (unpaired) electrons. The molecule has 4 aromatic rings. The smallest absolute Gasteiger partial charge is 0.423 e. The first kappa shape index (κ1) is 58.0. The highest BCUT2D eigenvalue weighted by molar-refractivity contribution is 6.03. The molecule has 80 heavy (non-hydrogen) atoms. The fourth-order valence-electron chi connectivity index (χ4n) is 10.5. The van der Waals surface area contributed by atoms with Gasteiger partial charge in [-0.2, -0.15) is 13.2 Å². The molecular formula is C54H59F4N9O13. The summed E-state index contributed by atoms with van der Waals surface area (Å²) in [4.78, 5) is 134. The minimum atomic E-state index is -5.33. The van der Waals surface area contributed by atoms with Crippen LogP contribution >= 0.6 is 0 Å². The number of hydrogen-bond donors (Lipinski definition) is 7. The van der Waals surface area contributed by atoms with Gasteiger partial charge in [0.05, 0.1) is 54.7 Å². The second-order valence-corrected chi connectivity index (χ2v) is 20.1. The van der Waals surface area contributed by atoms with Crippen molar-refractivity contribution in [3.8, 4) is 11.4 Å². The molecule has 3 aliphatic heterocycles. The van der Waals surface area contributed by atoms with Crippen molar-refractivity contribution in [3.05, 3.63) is 97.6 Å². The summed E-state index contributed by atoms with van der Waals surface area (Å²) < 4.78 is 70.8. The second kappa shape index (κ2) is 24.1. The summed E-state index contributed by atoms with van der Waals surface area (Å²) in [5.41, 5.74) is -0.476. The molecule has 2 unspecified atom stereocenters. The molecule has 1 saturated heterocycles. The maximum absolute atomic E-state index is 15.4. The average Bonchev–Trinajstić information content (AvgIpc) is 4.13. The quantitative estimate of drug-likeness (QED) is 0.0171. The molecule has 0 saturated carbocycles. The summed E-state index contributed by atoms with van der Waals surface area (Å²) >= 11 is 0. The van der Waals surface area contributed by atoms with E-state index in [1.807, 2.05) is 0 Å². The van der Waals surface area contributed by atoms with Crippen molar-refractivity contribution in [2.45, 2.75) is 122 Å². The molecule has 5 atom stereocenters. The van der Waals surface area contributed by atoms with Crippen molar-refractivity contribution in [1.82, 2.24) is 46.4 Å². The molecule has 1 aliphatic carbocycles. The Hall–Kier alpha value is -8.13. The number of aryl methyl sites for hydroxylation is 1. The number of imide groups is 1. The molecule has 0 spiro atoms. The number of carbonyl (C=O) groups excluding carboxylic acids is 9. The zero-order chi connectivity index (χ0) is 57.8. The van der Waals surface area contributed by atoms with E-state index in [1.54, 1.807) is 37.3 Å². The Balaban J connectivity index is 0.850. The average molecular weight is 1120 g/mol. The number of fused-ring (bicyclic) bond motifs is 5. The molecule has 22 nitrogen and oxygen atoms in total. The van der Waals surface area contributed by atoms with Crippen LogP contribution in [0.1, 0.15) is 104 Å². The van der Waals surface area contributed by atoms with Crippen molar-refractivity contribution in [1.29, 1.82) is 0 Å². The maximum atomic E-state index is 15.4. The minimum Gasteiger partial charge on any atom is -0.458 e. The number of ether oxygens (including phenoxy) is 2. The molecule has 7 N–H and O–H groups in total. The SMILES string of the molecule is CC[C@@]1(O)C(=O)OCc2c1cc1n(c2=O)Cc2c-1nc1cc(F)c(C)c3c1c2[C@@H](NC(=O)C(OCNC(=O)CNC(=O)[C@H](Cc1ccccc1)NC(=O)CNC(=O)CNC(=O)CCCCCN1C(=O)CC(C)C1=O)C(F)(F)F)CC3. The Labute approximate surface area is 454 Å². The number of rotatable bonds is 22. The van der Waals surface area contributed by atoms with Crippen molar-refractivity contribution in [3.63, 3.8) is 0 Å². The number of aromatic nitrogens is 2. The number of halogens is 4. The molecule has 26 heteroatoms. The number of unbranched alkanes of at least 4 members (excludes halogenated alkanes) is 2. The molecule has 8 amide bonds. The lowest BCUT2D eigenvalue weighted by atomic mass is 9.81. The van der Waals surface area contributed by atoms with Crippen molar-refractivity contribution >= 4 is 64.1 Å². The fraction of sp³-hybridized carbons (Fsp3) is 0.463. The van der Waals surface area contributed by atoms with E-state index in [1.165, 1.54) is 29.4 Å². The molecule has 4 aliphatic rings. The third kappa shape index (κ3) is 12.3. The van der Waals surface area contributed by atoms with E-state index < -0.39 is 116 Å². The van der Waals surface area contributed by atoms with E-state index in [-0.39, 0.29) is 109 Å². The third-order valence-electron chi connectivity index (χ3n) is 14.8. The van der Waals surface area contributed by atoms with E-state index in [9.17, 15) is 66.2 Å². The number of likely N-dealkylation sites (tertiary alicyclic amines) is 1. The van der Waals surface area contributed by atoms with Gasteiger partial charge < -0.3 is 51.0 Å². The third-order valence-corrected chi connectivity index (χ3v) is 14.8. The Morgan fingerprint density at radius 1 is 0.887 bits per heavy atom. The molecule has 426 valence electrons. The van der Waals surface area contributed by atoms with Gasteiger partial charge in [-0.1, -0.05) is 50.6 Å². The van der Waals surface area contributed by atoms with Crippen molar-refractivity contribution in [2.75, 3.05) is 32.9 Å². The van der Waals surface area contributed by atoms with Crippen LogP contribution in [0, 0.1) is 18.7 Å². The largest absolute Gasteiger partial charge is 0.458 e. The van der Waals surface area contributed by atoms with Crippen LogP contribution in [0.15, 0.2) is 47.3 Å². The summed E-state index contributed by atoms with van der Waals surface area (Å²) in [5.74, 6) is -7.92. The minimum absolute atomic E-state index is 0.000303. The predicted molar refractivity (Wildman–Crippen MR) is 272 cm³/mol. The van der Waals surface area contributed by atoms with Crippen LogP contribution in [0.25, 0.3) is 22.3 Å². The van der Waals surface area contributed by atoms with Crippen LogP contribution in [0.2, 0.25) is 0 Å². The zero-order valence-electron chi connectivity index (χ0n) is 43.9. The van der Waals surface area contributed by atoms with Crippen molar-refractivity contribution in [2.24, 2.45) is 5.92 Å². The Bertz CT molecular complexity index is 3240. The van der Waals surface area contributed by atoms with Crippen LogP contribution in [0.5, 0.6) is 0 Å². The van der Waals surface area contributed by atoms with Gasteiger partial charge in [0.1, 0.15) is 25.2 Å². The van der Waals surface area contributed by atoms with Gasteiger partial charge in [-0.05, 0) is 67.3 Å². The summed E-state index contributed by atoms with van der Waals surface area (Å²) in [6, 6.07) is 8.44. The van der Waals surface area contributed by atoms with E-state index in [0.29, 0.717) is 41.3 Å². The van der Waals surface area contributed by atoms with Gasteiger partial charge >= 0.3 is 12.1 Å². The first-order valence-electron chi connectivity index (χ1n) is 26.1. The monoisotopic (exact) mass is 1120 g/mol. The molecule has 2 aromatic carbocycles. The van der Waals surface area contributed by atoms with E-state index in [4.69, 9.17) is 14.5 Å². The number of esters is 1. The number of nitrogens with one attached hydrogen (secondary N) is 6. The normalized spacial score (nSPS) is 18.8. The number of carbonyl (C=O) groups is 9. The van der Waals surface area contributed by atoms with Gasteiger partial charge in [-0.25, -0.2) is 14.2 Å². The van der Waals surface area contributed by atoms with Gasteiger partial charge in [-0.15, -0.1) is 0 Å². The summed E-state index contributed by atoms with van der Waals surface area (Å²) in [6.07, 6.45) is -6.88. The molecule has 8 rings (SSSR count). The van der Waals surface area contributed by atoms with Gasteiger partial charge in [-0.3, -0.25) is 48.1 Å². The summed E-state index contributed by atoms with van der Waals surface area (Å²) in [7, 11) is 0. The highest BCUT2D eigenvalue weighted by atomic mass is 19.4. The molecular weight excluding hydrogens is 1060 g/mol. The van der Waals surface area contributed by atoms with E-state index in [2.05, 4.69) is 31.9 Å². The zero-order valence-corrected chi connectivity index (χ0v) is 43.9. The van der Waals surface area contributed by atoms with Gasteiger partial charge in [0.2, 0.25) is 47.5 Å². The predicted octanol–water partition coefficient (Wildman–Crippen LogP) is 1.68. The first-order chi connectivity index (χ1) is 38.0. The summed E-state index contributed by atoms with van der Waals surface area (Å²) in [5, 5.41) is 25.8. The lowest BCUT2D eigenvalue weighted by Crippen LogP contribution is -2.52. The Kier molecular flexibility index (Phi) is 17.5. The first-order valence-corrected chi connectivity index (χ1v) is 26.1. The molecule has 0 bridgehead atoms. The van der Waals surface area contributed by atoms with Crippen molar-refractivity contribution < 1.29 is 75.3 Å². The van der Waals surface area contributed by atoms with Gasteiger partial charge in [0.15, 0.2) is 5.60 Å². The molecule has 1 fully saturated rings. The number of pyridine rings is 2. The van der Waals surface area contributed by atoms with Crippen LogP contribution in [-0.2, 0) is 84.2 Å². The van der Waals surface area contributed by atoms with E-state index >= 15 is 4.39 Å². The fourth-order valence-corrected chi connectivity index (χ4v) is 10.5. The second-order valence-electron chi connectivity index (χ2n) is 20.1. The molecule has 2 aromatic heterocycles. The highest BCUT2D eigenvalue weighted by Gasteiger charge is 2.49. The lowest BCUT2D eigenvalue weighted by Gasteiger charge is -2.31. The van der Waals surface area contributed by atoms with E-state index in [0.717, 1.165) is 6.07 Å². The Morgan fingerprint density at radius 2 is 1.59 bits per heavy atom. The van der Waals surface area contributed by atoms with Gasteiger partial charge in [0, 0.05) is 54.3 Å². The number of aliphatic hydroxyl groups is 1. The van der Waals surface area contributed by atoms with Crippen LogP contribution in [0.3, 0.4) is 0 Å². The number of cyclic esters (lactones) is 1. The number of nitrogens with zero attached hydrogens (tertiary/aromatic N) is 3. The standard InChI is InChI=1S/C54H59F4N9O13/c1-4-53(78)33-19-38-46-31(24-67(38)51(76)32(33)25-79-52(53)77)45-35(15-14-30-28(3)34(55)20-36(64-46)44(30)45)65-49(74)47(54(56,57)58)80-26-62-41(70)22-61-48(73)37(18-29-11-7-5-8-12-29)63-42(71)23-60-40(69)21-59-39(68)13-9-6-10-16-66-43(72)17-27(2)50(66)75/h5,7-8,11-12,19-20,27,35,37,47,78H,4,6,9-10,13-18,21-26H2,1-3H3,(H,59,68)(H,60,69)(H,61,73)(H,62,70)(H,63,71)(H,65,74)/t27?,35-,37-,47?,53-/m0/s1.